The molecule has 5 rings (SSSR count). The number of halogens is 2. The Balaban J connectivity index is 1.02. The summed E-state index contributed by atoms with van der Waals surface area (Å²) in [6, 6.07) is 0. The number of unbranched alkanes of at least 4 members (excludes halogenated alkanes) is 6. The van der Waals surface area contributed by atoms with E-state index in [-0.39, 0.29) is 0 Å². The fourth-order valence-electron chi connectivity index (χ4n) is 10.4. The van der Waals surface area contributed by atoms with Gasteiger partial charge in [0, 0.05) is 13.2 Å². The molecular formula is C38H64Cl2O3. The van der Waals surface area contributed by atoms with Gasteiger partial charge in [-0.2, -0.15) is 0 Å². The average molecular weight is 640 g/mol. The Bertz CT molecular complexity index is 775. The number of carbonyl (C=O) groups is 1. The molecule has 2 spiro atoms. The lowest BCUT2D eigenvalue weighted by atomic mass is 9.41. The van der Waals surface area contributed by atoms with Crippen LogP contribution in [0.2, 0.25) is 0 Å². The van der Waals surface area contributed by atoms with Crippen molar-refractivity contribution in [1.29, 1.82) is 0 Å². The predicted octanol–water partition coefficient (Wildman–Crippen LogP) is 11.4. The van der Waals surface area contributed by atoms with Crippen LogP contribution in [0.15, 0.2) is 0 Å². The van der Waals surface area contributed by atoms with Crippen molar-refractivity contribution in [2.24, 2.45) is 34.5 Å². The fourth-order valence-corrected chi connectivity index (χ4v) is 11.5. The fraction of sp³-hybridized carbons (Fsp3) is 0.974. The minimum absolute atomic E-state index is 0.447. The quantitative estimate of drug-likeness (QED) is 0.140. The summed E-state index contributed by atoms with van der Waals surface area (Å²) in [5, 5.41) is 0. The van der Waals surface area contributed by atoms with Crippen molar-refractivity contribution in [2.45, 2.75) is 184 Å². The van der Waals surface area contributed by atoms with E-state index in [1.165, 1.54) is 103 Å². The molecule has 0 aliphatic heterocycles. The first-order valence-electron chi connectivity index (χ1n) is 19.0. The normalized spacial score (nSPS) is 39.7. The molecule has 0 amide bonds. The van der Waals surface area contributed by atoms with Crippen molar-refractivity contribution in [2.75, 3.05) is 13.2 Å². The summed E-state index contributed by atoms with van der Waals surface area (Å²) in [4.78, 5) is 14.1. The first-order valence-corrected chi connectivity index (χ1v) is 19.8. The monoisotopic (exact) mass is 638 g/mol. The van der Waals surface area contributed by atoms with Crippen LogP contribution >= 0.6 is 23.2 Å². The van der Waals surface area contributed by atoms with E-state index in [1.54, 1.807) is 0 Å². The van der Waals surface area contributed by atoms with Crippen LogP contribution in [-0.2, 0) is 14.3 Å². The zero-order valence-corrected chi connectivity index (χ0v) is 29.3. The lowest BCUT2D eigenvalue weighted by Gasteiger charge is -2.67. The first kappa shape index (κ1) is 34.5. The molecule has 5 aliphatic carbocycles. The van der Waals surface area contributed by atoms with E-state index in [0.29, 0.717) is 18.0 Å². The average Bonchev–Trinajstić information content (AvgIpc) is 3.05. The minimum atomic E-state index is -0.875. The Hall–Kier alpha value is 0.170. The molecule has 3 nitrogen and oxygen atoms in total. The highest BCUT2D eigenvalue weighted by atomic mass is 35.5. The second-order valence-corrected chi connectivity index (χ2v) is 17.0. The van der Waals surface area contributed by atoms with E-state index in [9.17, 15) is 4.79 Å². The molecule has 5 heteroatoms. The van der Waals surface area contributed by atoms with Gasteiger partial charge in [0.1, 0.15) is 4.33 Å². The van der Waals surface area contributed by atoms with Gasteiger partial charge in [-0.05, 0) is 139 Å². The third-order valence-electron chi connectivity index (χ3n) is 13.3. The van der Waals surface area contributed by atoms with Crippen molar-refractivity contribution in [3.63, 3.8) is 0 Å². The van der Waals surface area contributed by atoms with E-state index >= 15 is 0 Å². The van der Waals surface area contributed by atoms with E-state index < -0.39 is 15.2 Å². The number of ether oxygens (including phenoxy) is 2. The molecular weight excluding hydrogens is 575 g/mol. The first-order chi connectivity index (χ1) is 20.9. The van der Waals surface area contributed by atoms with Gasteiger partial charge in [-0.3, -0.25) is 4.79 Å². The number of carbonyl (C=O) groups excluding carboxylic acids is 1. The van der Waals surface area contributed by atoms with Gasteiger partial charge in [-0.1, -0.05) is 75.6 Å². The van der Waals surface area contributed by atoms with Gasteiger partial charge in [-0.15, -0.1) is 0 Å². The third-order valence-corrected chi connectivity index (χ3v) is 14.8. The number of rotatable bonds is 14. The molecule has 5 aliphatic rings. The highest BCUT2D eigenvalue weighted by molar-refractivity contribution is 6.55. The van der Waals surface area contributed by atoms with Crippen molar-refractivity contribution in [1.82, 2.24) is 0 Å². The number of ketones is 1. The van der Waals surface area contributed by atoms with Gasteiger partial charge in [0.05, 0.1) is 23.0 Å². The van der Waals surface area contributed by atoms with Gasteiger partial charge in [-0.25, -0.2) is 0 Å². The number of Topliss-reactive ketones (excluding diaryl/α,β-unsaturated/α-hetero) is 1. The maximum atomic E-state index is 14.1. The summed E-state index contributed by atoms with van der Waals surface area (Å²) < 4.78 is 11.6. The molecule has 0 N–H and O–H groups in total. The summed E-state index contributed by atoms with van der Waals surface area (Å²) in [7, 11) is 0. The summed E-state index contributed by atoms with van der Waals surface area (Å²) >= 11 is 14.7. The zero-order chi connectivity index (χ0) is 30.3. The van der Waals surface area contributed by atoms with Crippen LogP contribution in [0.5, 0.6) is 0 Å². The Morgan fingerprint density at radius 3 is 1.21 bits per heavy atom. The highest BCUT2D eigenvalue weighted by Gasteiger charge is 2.79. The highest BCUT2D eigenvalue weighted by Crippen LogP contribution is 2.75. The smallest absolute Gasteiger partial charge is 0.151 e. The Kier molecular flexibility index (Phi) is 12.7. The van der Waals surface area contributed by atoms with Crippen LogP contribution in [-0.4, -0.2) is 35.5 Å². The lowest BCUT2D eigenvalue weighted by molar-refractivity contribution is -0.173. The lowest BCUT2D eigenvalue weighted by Crippen LogP contribution is -2.74. The Morgan fingerprint density at radius 2 is 0.884 bits per heavy atom. The van der Waals surface area contributed by atoms with Crippen LogP contribution in [0.3, 0.4) is 0 Å². The molecule has 43 heavy (non-hydrogen) atoms. The molecule has 0 bridgehead atoms. The van der Waals surface area contributed by atoms with Crippen LogP contribution in [0, 0.1) is 34.5 Å². The van der Waals surface area contributed by atoms with E-state index in [4.69, 9.17) is 32.7 Å². The van der Waals surface area contributed by atoms with Gasteiger partial charge >= 0.3 is 0 Å². The zero-order valence-electron chi connectivity index (χ0n) is 27.8. The molecule has 0 atom stereocenters. The summed E-state index contributed by atoms with van der Waals surface area (Å²) in [6.07, 6.45) is 29.3. The molecule has 0 heterocycles. The molecule has 0 unspecified atom stereocenters. The SMILES string of the molecule is CCCCCCOC1CCC(C2CC[C@]3(CC2)C(=O)[C@@]2(CC[C@@H](C4CCC(OCCCCCC)CC4)CC2)C3(Cl)Cl)CC1. The number of alkyl halides is 2. The van der Waals surface area contributed by atoms with Crippen LogP contribution in [0.25, 0.3) is 0 Å². The van der Waals surface area contributed by atoms with E-state index in [0.717, 1.165) is 88.3 Å². The second kappa shape index (κ2) is 15.8. The van der Waals surface area contributed by atoms with Crippen molar-refractivity contribution >= 4 is 29.0 Å². The van der Waals surface area contributed by atoms with E-state index in [1.807, 2.05) is 0 Å². The minimum Gasteiger partial charge on any atom is -0.378 e. The maximum Gasteiger partial charge on any atom is 0.151 e. The molecule has 0 radical (unpaired) electrons. The molecule has 0 aromatic carbocycles. The second-order valence-electron chi connectivity index (χ2n) is 15.7. The van der Waals surface area contributed by atoms with Crippen LogP contribution < -0.4 is 0 Å². The van der Waals surface area contributed by atoms with Crippen LogP contribution in [0.4, 0.5) is 0 Å². The summed E-state index contributed by atoms with van der Waals surface area (Å²) in [5.41, 5.74) is -0.963. The standard InChI is InChI=1S/C38H64Cl2O3/c1-3-5-7-9-27-42-33-15-11-29(12-16-33)31-19-23-36(24-20-31)35(41)37(38(36,39)40)25-21-32(22-26-37)30-13-17-34(18-14-30)43-28-10-8-6-4-2/h29-34H,3-28H2,1-2H3/t29?,30?,31-,32?,33?,34?,36+,37-. The van der Waals surface area contributed by atoms with Crippen molar-refractivity contribution < 1.29 is 14.3 Å². The molecule has 0 saturated heterocycles. The maximum absolute atomic E-state index is 14.1. The number of hydrogen-bond donors (Lipinski definition) is 0. The van der Waals surface area contributed by atoms with Crippen LogP contribution in [0.1, 0.15) is 168 Å². The molecule has 5 saturated carbocycles. The van der Waals surface area contributed by atoms with Gasteiger partial charge < -0.3 is 9.47 Å². The topological polar surface area (TPSA) is 35.5 Å². The van der Waals surface area contributed by atoms with Crippen molar-refractivity contribution in [3.8, 4) is 0 Å². The molecule has 248 valence electrons. The predicted molar refractivity (Wildman–Crippen MR) is 180 cm³/mol. The molecule has 5 fully saturated rings. The Labute approximate surface area is 274 Å². The van der Waals surface area contributed by atoms with Crippen molar-refractivity contribution in [3.05, 3.63) is 0 Å². The van der Waals surface area contributed by atoms with E-state index in [2.05, 4.69) is 13.8 Å². The van der Waals surface area contributed by atoms with Gasteiger partial charge in [0.15, 0.2) is 5.78 Å². The molecule has 0 aromatic rings. The van der Waals surface area contributed by atoms with Gasteiger partial charge in [0.25, 0.3) is 0 Å². The third kappa shape index (κ3) is 7.36. The Morgan fingerprint density at radius 1 is 0.535 bits per heavy atom. The largest absolute Gasteiger partial charge is 0.378 e. The molecule has 0 aromatic heterocycles. The number of hydrogen-bond acceptors (Lipinski definition) is 3. The van der Waals surface area contributed by atoms with Gasteiger partial charge in [0.2, 0.25) is 0 Å². The summed E-state index contributed by atoms with van der Waals surface area (Å²) in [6.45, 7) is 6.40. The summed E-state index contributed by atoms with van der Waals surface area (Å²) in [5.74, 6) is 3.49.